The number of halogens is 3. The van der Waals surface area contributed by atoms with Crippen LogP contribution in [0.5, 0.6) is 0 Å². The molecule has 0 unspecified atom stereocenters. The minimum atomic E-state index is -4.81. The Morgan fingerprint density at radius 1 is 0.971 bits per heavy atom. The van der Waals surface area contributed by atoms with E-state index in [-0.39, 0.29) is 35.2 Å². The molecule has 4 rings (SSSR count). The van der Waals surface area contributed by atoms with E-state index in [0.717, 1.165) is 44.1 Å². The van der Waals surface area contributed by atoms with Crippen LogP contribution in [-0.4, -0.2) is 45.1 Å². The topological polar surface area (TPSA) is 96.5 Å². The third kappa shape index (κ3) is 4.80. The zero-order chi connectivity index (χ0) is 24.7. The fraction of sp³-hybridized carbons (Fsp3) is 0.480. The van der Waals surface area contributed by atoms with Gasteiger partial charge in [0.05, 0.1) is 0 Å². The summed E-state index contributed by atoms with van der Waals surface area (Å²) in [6.45, 7) is 0.704. The first-order chi connectivity index (χ1) is 16.0. The number of hydrogen-bond acceptors (Lipinski definition) is 4. The standard InChI is InChI=1S/C25H28F3N3O3/c1-24(34,25(26,27)28)18-7-2-16(3-8-18)23(33)31(20-11-12-20)19-9-4-15(5-10-19)17-6-13-21(22(29)32)30-14-17/h2-3,6-8,13-15,19-20,34H,4-5,9-12H2,1H3,(H2,29,32)/t15?,19?,24-/m0/s1. The smallest absolute Gasteiger partial charge is 0.376 e. The molecule has 1 heterocycles. The summed E-state index contributed by atoms with van der Waals surface area (Å²) in [5.41, 5.74) is 3.56. The average Bonchev–Trinajstić information content (AvgIpc) is 3.64. The fourth-order valence-corrected chi connectivity index (χ4v) is 4.71. The minimum Gasteiger partial charge on any atom is -0.376 e. The quantitative estimate of drug-likeness (QED) is 0.652. The Bertz CT molecular complexity index is 1040. The van der Waals surface area contributed by atoms with Gasteiger partial charge in [0.15, 0.2) is 5.60 Å². The molecule has 6 nitrogen and oxygen atoms in total. The van der Waals surface area contributed by atoms with Crippen molar-refractivity contribution < 1.29 is 27.9 Å². The SMILES string of the molecule is C[C@](O)(c1ccc(C(=O)N(C2CCC(c3ccc(C(N)=O)nc3)CC2)C2CC2)cc1)C(F)(F)F. The Morgan fingerprint density at radius 3 is 1.97 bits per heavy atom. The van der Waals surface area contributed by atoms with Crippen molar-refractivity contribution in [2.24, 2.45) is 5.73 Å². The third-order valence-electron chi connectivity index (χ3n) is 7.02. The number of carbonyl (C=O) groups is 2. The van der Waals surface area contributed by atoms with Crippen LogP contribution in [-0.2, 0) is 5.60 Å². The van der Waals surface area contributed by atoms with Gasteiger partial charge in [0.1, 0.15) is 5.69 Å². The number of alkyl halides is 3. The van der Waals surface area contributed by atoms with E-state index in [9.17, 15) is 27.9 Å². The summed E-state index contributed by atoms with van der Waals surface area (Å²) in [5, 5.41) is 9.88. The zero-order valence-electron chi connectivity index (χ0n) is 18.9. The first-order valence-corrected chi connectivity index (χ1v) is 11.5. The van der Waals surface area contributed by atoms with E-state index >= 15 is 0 Å². The molecule has 182 valence electrons. The van der Waals surface area contributed by atoms with E-state index in [1.807, 2.05) is 11.0 Å². The predicted octanol–water partition coefficient (Wildman–Crippen LogP) is 4.28. The largest absolute Gasteiger partial charge is 0.421 e. The number of aliphatic hydroxyl groups is 1. The number of pyridine rings is 1. The maximum atomic E-state index is 13.3. The lowest BCUT2D eigenvalue weighted by Gasteiger charge is -2.37. The highest BCUT2D eigenvalue weighted by molar-refractivity contribution is 5.95. The van der Waals surface area contributed by atoms with E-state index in [4.69, 9.17) is 5.73 Å². The van der Waals surface area contributed by atoms with Crippen LogP contribution >= 0.6 is 0 Å². The third-order valence-corrected chi connectivity index (χ3v) is 7.02. The van der Waals surface area contributed by atoms with Crippen molar-refractivity contribution in [3.05, 3.63) is 65.0 Å². The minimum absolute atomic E-state index is 0.0621. The molecule has 2 amide bonds. The van der Waals surface area contributed by atoms with Gasteiger partial charge in [-0.15, -0.1) is 0 Å². The summed E-state index contributed by atoms with van der Waals surface area (Å²) < 4.78 is 39.4. The van der Waals surface area contributed by atoms with Crippen molar-refractivity contribution in [3.8, 4) is 0 Å². The van der Waals surface area contributed by atoms with Gasteiger partial charge in [0.2, 0.25) is 0 Å². The van der Waals surface area contributed by atoms with Gasteiger partial charge in [-0.1, -0.05) is 18.2 Å². The number of nitrogens with zero attached hydrogens (tertiary/aromatic N) is 2. The number of amides is 2. The van der Waals surface area contributed by atoms with E-state index < -0.39 is 17.7 Å². The van der Waals surface area contributed by atoms with Crippen molar-refractivity contribution in [3.63, 3.8) is 0 Å². The average molecular weight is 476 g/mol. The molecule has 2 fully saturated rings. The second-order valence-electron chi connectivity index (χ2n) is 9.44. The second-order valence-corrected chi connectivity index (χ2v) is 9.44. The van der Waals surface area contributed by atoms with Crippen LogP contribution < -0.4 is 5.73 Å². The van der Waals surface area contributed by atoms with Gasteiger partial charge in [-0.05, 0) is 80.7 Å². The van der Waals surface area contributed by atoms with Crippen molar-refractivity contribution in [2.45, 2.75) is 75.2 Å². The zero-order valence-corrected chi connectivity index (χ0v) is 18.9. The van der Waals surface area contributed by atoms with Crippen LogP contribution in [0.3, 0.4) is 0 Å². The number of benzene rings is 1. The number of nitrogens with two attached hydrogens (primary N) is 1. The molecule has 1 atom stereocenters. The summed E-state index contributed by atoms with van der Waals surface area (Å²) in [7, 11) is 0. The monoisotopic (exact) mass is 475 g/mol. The first kappa shape index (κ1) is 24.2. The lowest BCUT2D eigenvalue weighted by molar-refractivity contribution is -0.258. The number of rotatable bonds is 6. The maximum absolute atomic E-state index is 13.3. The van der Waals surface area contributed by atoms with E-state index in [1.165, 1.54) is 24.3 Å². The molecular weight excluding hydrogens is 447 g/mol. The molecule has 0 aliphatic heterocycles. The second kappa shape index (κ2) is 9.02. The summed E-state index contributed by atoms with van der Waals surface area (Å²) in [4.78, 5) is 30.6. The van der Waals surface area contributed by atoms with Gasteiger partial charge in [0.25, 0.3) is 11.8 Å². The van der Waals surface area contributed by atoms with E-state index in [2.05, 4.69) is 4.98 Å². The van der Waals surface area contributed by atoms with Crippen molar-refractivity contribution in [1.29, 1.82) is 0 Å². The molecule has 0 spiro atoms. The molecule has 1 aromatic carbocycles. The molecule has 9 heteroatoms. The van der Waals surface area contributed by atoms with Crippen LogP contribution in [0.4, 0.5) is 13.2 Å². The molecule has 2 aromatic rings. The van der Waals surface area contributed by atoms with Gasteiger partial charge in [0, 0.05) is 23.8 Å². The predicted molar refractivity (Wildman–Crippen MR) is 119 cm³/mol. The number of hydrogen-bond donors (Lipinski definition) is 2. The molecular formula is C25H28F3N3O3. The molecule has 2 aliphatic rings. The summed E-state index contributed by atoms with van der Waals surface area (Å²) in [6, 6.07) is 8.80. The van der Waals surface area contributed by atoms with Crippen LogP contribution in [0.1, 0.15) is 83.3 Å². The van der Waals surface area contributed by atoms with Crippen LogP contribution in [0.2, 0.25) is 0 Å². The van der Waals surface area contributed by atoms with Gasteiger partial charge < -0.3 is 15.7 Å². The Morgan fingerprint density at radius 2 is 1.53 bits per heavy atom. The summed E-state index contributed by atoms with van der Waals surface area (Å²) >= 11 is 0. The number of primary amides is 1. The van der Waals surface area contributed by atoms with Gasteiger partial charge >= 0.3 is 6.18 Å². The molecule has 3 N–H and O–H groups in total. The Kier molecular flexibility index (Phi) is 6.42. The molecule has 2 aliphatic carbocycles. The van der Waals surface area contributed by atoms with Crippen LogP contribution in [0.25, 0.3) is 0 Å². The van der Waals surface area contributed by atoms with Crippen LogP contribution in [0, 0.1) is 0 Å². The highest BCUT2D eigenvalue weighted by atomic mass is 19.4. The molecule has 1 aromatic heterocycles. The summed E-state index contributed by atoms with van der Waals surface area (Å²) in [6.07, 6.45) is 2.07. The van der Waals surface area contributed by atoms with E-state index in [1.54, 1.807) is 12.3 Å². The van der Waals surface area contributed by atoms with Gasteiger partial charge in [-0.3, -0.25) is 14.6 Å². The molecule has 0 saturated heterocycles. The van der Waals surface area contributed by atoms with Crippen molar-refractivity contribution >= 4 is 11.8 Å². The molecule has 2 saturated carbocycles. The lowest BCUT2D eigenvalue weighted by atomic mass is 9.81. The molecule has 0 bridgehead atoms. The summed E-state index contributed by atoms with van der Waals surface area (Å²) in [5.74, 6) is -0.466. The highest BCUT2D eigenvalue weighted by Crippen LogP contribution is 2.41. The van der Waals surface area contributed by atoms with Gasteiger partial charge in [-0.25, -0.2) is 0 Å². The molecule has 34 heavy (non-hydrogen) atoms. The number of aromatic nitrogens is 1. The lowest BCUT2D eigenvalue weighted by Crippen LogP contribution is -2.44. The highest BCUT2D eigenvalue weighted by Gasteiger charge is 2.51. The Hall–Kier alpha value is -2.94. The first-order valence-electron chi connectivity index (χ1n) is 11.5. The van der Waals surface area contributed by atoms with Crippen molar-refractivity contribution in [2.75, 3.05) is 0 Å². The maximum Gasteiger partial charge on any atom is 0.421 e. The fourth-order valence-electron chi connectivity index (χ4n) is 4.71. The van der Waals surface area contributed by atoms with E-state index in [0.29, 0.717) is 12.5 Å². The molecule has 0 radical (unpaired) electrons. The van der Waals surface area contributed by atoms with Crippen molar-refractivity contribution in [1.82, 2.24) is 9.88 Å². The van der Waals surface area contributed by atoms with Crippen LogP contribution in [0.15, 0.2) is 42.6 Å². The Balaban J connectivity index is 1.44. The number of carbonyl (C=O) groups excluding carboxylic acids is 2. The van der Waals surface area contributed by atoms with Gasteiger partial charge in [-0.2, -0.15) is 13.2 Å². The Labute approximate surface area is 196 Å². The normalized spacial score (nSPS) is 22.6.